The number of imidazole rings is 1. The molecular formula is C23H23N3O3. The van der Waals surface area contributed by atoms with Crippen LogP contribution in [0.5, 0.6) is 0 Å². The van der Waals surface area contributed by atoms with E-state index < -0.39 is 0 Å². The molecule has 1 aliphatic heterocycles. The average molecular weight is 389 g/mol. The van der Waals surface area contributed by atoms with Crippen molar-refractivity contribution < 1.29 is 14.3 Å². The van der Waals surface area contributed by atoms with Gasteiger partial charge in [-0.1, -0.05) is 6.07 Å². The molecule has 0 unspecified atom stereocenters. The molecule has 3 aromatic rings. The Morgan fingerprint density at radius 3 is 2.86 bits per heavy atom. The number of likely N-dealkylation sites (tertiary alicyclic amines) is 1. The van der Waals surface area contributed by atoms with Crippen molar-refractivity contribution in [2.45, 2.75) is 37.6 Å². The number of benzene rings is 2. The third-order valence-electron chi connectivity index (χ3n) is 6.38. The molecule has 2 aromatic carbocycles. The zero-order chi connectivity index (χ0) is 20.0. The first-order valence-corrected chi connectivity index (χ1v) is 10.1. The molecule has 1 amide bonds. The number of ether oxygens (including phenoxy) is 1. The Balaban J connectivity index is 1.44. The zero-order valence-electron chi connectivity index (χ0n) is 16.4. The molecule has 1 aromatic heterocycles. The molecule has 6 nitrogen and oxygen atoms in total. The first kappa shape index (κ1) is 17.9. The molecule has 0 radical (unpaired) electrons. The molecule has 5 rings (SSSR count). The molecule has 6 heteroatoms. The molecule has 2 heterocycles. The number of carbonyl (C=O) groups is 2. The lowest BCUT2D eigenvalue weighted by atomic mass is 9.74. The number of fused-ring (bicyclic) bond motifs is 4. The Morgan fingerprint density at radius 2 is 2.00 bits per heavy atom. The van der Waals surface area contributed by atoms with Crippen LogP contribution in [0, 0.1) is 0 Å². The summed E-state index contributed by atoms with van der Waals surface area (Å²) in [6, 6.07) is 11.7. The van der Waals surface area contributed by atoms with Gasteiger partial charge in [0.25, 0.3) is 5.91 Å². The van der Waals surface area contributed by atoms with E-state index in [-0.39, 0.29) is 17.9 Å². The number of aryl methyl sites for hydroxylation is 1. The van der Waals surface area contributed by atoms with Gasteiger partial charge < -0.3 is 14.6 Å². The van der Waals surface area contributed by atoms with Crippen molar-refractivity contribution in [2.75, 3.05) is 13.7 Å². The summed E-state index contributed by atoms with van der Waals surface area (Å²) in [5.41, 5.74) is 5.54. The highest BCUT2D eigenvalue weighted by Crippen LogP contribution is 2.41. The number of hydrogen-bond acceptors (Lipinski definition) is 4. The van der Waals surface area contributed by atoms with Crippen LogP contribution < -0.4 is 0 Å². The minimum Gasteiger partial charge on any atom is -0.465 e. The fourth-order valence-electron chi connectivity index (χ4n) is 5.00. The van der Waals surface area contributed by atoms with Crippen molar-refractivity contribution >= 4 is 22.9 Å². The fourth-order valence-corrected chi connectivity index (χ4v) is 5.00. The number of nitrogens with one attached hydrogen (secondary N) is 1. The number of piperidine rings is 1. The van der Waals surface area contributed by atoms with Gasteiger partial charge in [-0.05, 0) is 67.1 Å². The number of hydrogen-bond donors (Lipinski definition) is 1. The highest BCUT2D eigenvalue weighted by atomic mass is 16.5. The zero-order valence-corrected chi connectivity index (χ0v) is 16.4. The third-order valence-corrected chi connectivity index (χ3v) is 6.38. The van der Waals surface area contributed by atoms with Gasteiger partial charge >= 0.3 is 5.97 Å². The van der Waals surface area contributed by atoms with Crippen LogP contribution >= 0.6 is 0 Å². The molecule has 1 saturated heterocycles. The summed E-state index contributed by atoms with van der Waals surface area (Å²) in [4.78, 5) is 34.6. The number of methoxy groups -OCH3 is 1. The second-order valence-corrected chi connectivity index (χ2v) is 7.89. The third kappa shape index (κ3) is 2.99. The summed E-state index contributed by atoms with van der Waals surface area (Å²) < 4.78 is 4.86. The Bertz CT molecular complexity index is 1100. The van der Waals surface area contributed by atoms with E-state index in [0.717, 1.165) is 43.3 Å². The van der Waals surface area contributed by atoms with Crippen LogP contribution in [0.15, 0.2) is 42.7 Å². The van der Waals surface area contributed by atoms with E-state index in [1.54, 1.807) is 6.33 Å². The average Bonchev–Trinajstić information content (AvgIpc) is 3.25. The van der Waals surface area contributed by atoms with E-state index >= 15 is 0 Å². The fraction of sp³-hybridized carbons (Fsp3) is 0.348. The first-order chi connectivity index (χ1) is 14.2. The predicted octanol–water partition coefficient (Wildman–Crippen LogP) is 3.68. The molecule has 0 bridgehead atoms. The number of H-pyrrole nitrogens is 1. The van der Waals surface area contributed by atoms with Crippen molar-refractivity contribution in [3.05, 3.63) is 65.0 Å². The van der Waals surface area contributed by atoms with Crippen molar-refractivity contribution in [3.63, 3.8) is 0 Å². The largest absolute Gasteiger partial charge is 0.465 e. The number of nitrogens with zero attached hydrogens (tertiary/aromatic N) is 2. The Morgan fingerprint density at radius 1 is 1.14 bits per heavy atom. The predicted molar refractivity (Wildman–Crippen MR) is 109 cm³/mol. The van der Waals surface area contributed by atoms with Crippen LogP contribution in [0.1, 0.15) is 57.0 Å². The van der Waals surface area contributed by atoms with Crippen LogP contribution in [-0.4, -0.2) is 46.4 Å². The number of aromatic amines is 1. The molecule has 2 atom stereocenters. The van der Waals surface area contributed by atoms with Gasteiger partial charge in [0.2, 0.25) is 0 Å². The quantitative estimate of drug-likeness (QED) is 0.679. The monoisotopic (exact) mass is 389 g/mol. The van der Waals surface area contributed by atoms with Gasteiger partial charge in [0.05, 0.1) is 30.0 Å². The van der Waals surface area contributed by atoms with Crippen LogP contribution in [0.4, 0.5) is 0 Å². The normalized spacial score (nSPS) is 20.8. The summed E-state index contributed by atoms with van der Waals surface area (Å²) in [5.74, 6) is 0.106. The maximum Gasteiger partial charge on any atom is 0.337 e. The Hall–Kier alpha value is -3.15. The second-order valence-electron chi connectivity index (χ2n) is 7.89. The van der Waals surface area contributed by atoms with Gasteiger partial charge in [-0.25, -0.2) is 9.78 Å². The van der Waals surface area contributed by atoms with Crippen LogP contribution in [-0.2, 0) is 11.2 Å². The van der Waals surface area contributed by atoms with E-state index in [2.05, 4.69) is 20.9 Å². The van der Waals surface area contributed by atoms with Crippen LogP contribution in [0.25, 0.3) is 11.0 Å². The maximum atomic E-state index is 13.3. The summed E-state index contributed by atoms with van der Waals surface area (Å²) in [7, 11) is 1.41. The SMILES string of the molecule is COC(=O)c1ccc2c(c1)CC[C@H]1[C@@H]2CCCN1C(=O)c1ccc2nc[nH]c2c1. The van der Waals surface area contributed by atoms with Gasteiger partial charge in [0.1, 0.15) is 0 Å². The minimum absolute atomic E-state index is 0.0887. The first-order valence-electron chi connectivity index (χ1n) is 10.1. The molecule has 0 saturated carbocycles. The van der Waals surface area contributed by atoms with Crippen molar-refractivity contribution in [3.8, 4) is 0 Å². The molecule has 2 aliphatic rings. The van der Waals surface area contributed by atoms with Crippen molar-refractivity contribution in [1.82, 2.24) is 14.9 Å². The molecule has 1 N–H and O–H groups in total. The lowest BCUT2D eigenvalue weighted by Gasteiger charge is -2.45. The van der Waals surface area contributed by atoms with Gasteiger partial charge in [0.15, 0.2) is 0 Å². The number of esters is 1. The van der Waals surface area contributed by atoms with Crippen molar-refractivity contribution in [1.29, 1.82) is 0 Å². The van der Waals surface area contributed by atoms with Gasteiger partial charge in [-0.2, -0.15) is 0 Å². The van der Waals surface area contributed by atoms with Gasteiger partial charge in [-0.15, -0.1) is 0 Å². The summed E-state index contributed by atoms with van der Waals surface area (Å²) in [6.07, 6.45) is 5.48. The second kappa shape index (κ2) is 7.03. The number of aromatic nitrogens is 2. The number of carbonyl (C=O) groups excluding carboxylic acids is 2. The summed E-state index contributed by atoms with van der Waals surface area (Å²) >= 11 is 0. The van der Waals surface area contributed by atoms with Crippen LogP contribution in [0.2, 0.25) is 0 Å². The van der Waals surface area contributed by atoms with E-state index in [9.17, 15) is 9.59 Å². The highest BCUT2D eigenvalue weighted by molar-refractivity contribution is 5.97. The van der Waals surface area contributed by atoms with Crippen molar-refractivity contribution in [2.24, 2.45) is 0 Å². The molecule has 29 heavy (non-hydrogen) atoms. The van der Waals surface area contributed by atoms with Gasteiger partial charge in [-0.3, -0.25) is 4.79 Å². The van der Waals surface area contributed by atoms with E-state index in [1.807, 2.05) is 30.3 Å². The smallest absolute Gasteiger partial charge is 0.337 e. The van der Waals surface area contributed by atoms with Crippen LogP contribution in [0.3, 0.4) is 0 Å². The maximum absolute atomic E-state index is 13.3. The number of amides is 1. The summed E-state index contributed by atoms with van der Waals surface area (Å²) in [5, 5.41) is 0. The Kier molecular flexibility index (Phi) is 4.34. The lowest BCUT2D eigenvalue weighted by molar-refractivity contribution is 0.0547. The highest BCUT2D eigenvalue weighted by Gasteiger charge is 2.38. The molecule has 1 fully saturated rings. The minimum atomic E-state index is -0.301. The van der Waals surface area contributed by atoms with E-state index in [1.165, 1.54) is 18.2 Å². The molecule has 148 valence electrons. The van der Waals surface area contributed by atoms with Gasteiger partial charge in [0, 0.05) is 24.1 Å². The lowest BCUT2D eigenvalue weighted by Crippen LogP contribution is -2.49. The topological polar surface area (TPSA) is 75.3 Å². The van der Waals surface area contributed by atoms with E-state index in [4.69, 9.17) is 4.74 Å². The molecule has 1 aliphatic carbocycles. The number of rotatable bonds is 2. The molecule has 0 spiro atoms. The summed E-state index contributed by atoms with van der Waals surface area (Å²) in [6.45, 7) is 0.788. The Labute approximate surface area is 168 Å². The van der Waals surface area contributed by atoms with E-state index in [0.29, 0.717) is 17.0 Å². The standard InChI is InChI=1S/C23H23N3O3/c1-29-23(28)16-4-7-17-14(11-16)6-9-21-18(17)3-2-10-26(21)22(27)15-5-8-19-20(12-15)25-13-24-19/h4-5,7-8,11-13,18,21H,2-3,6,9-10H2,1H3,(H,24,25)/t18-,21+/m1/s1. The molecular weight excluding hydrogens is 366 g/mol.